The first kappa shape index (κ1) is 15.7. The molecule has 0 saturated carbocycles. The van der Waals surface area contributed by atoms with Gasteiger partial charge >= 0.3 is 0 Å². The van der Waals surface area contributed by atoms with E-state index in [-0.39, 0.29) is 12.5 Å². The Morgan fingerprint density at radius 1 is 0.917 bits per heavy atom. The molecule has 0 aliphatic carbocycles. The van der Waals surface area contributed by atoms with Crippen LogP contribution in [0.4, 0.5) is 5.69 Å². The van der Waals surface area contributed by atoms with Crippen LogP contribution in [0.3, 0.4) is 0 Å². The third-order valence-electron chi connectivity index (χ3n) is 3.74. The molecule has 0 unspecified atom stereocenters. The van der Waals surface area contributed by atoms with Gasteiger partial charge in [0, 0.05) is 5.69 Å². The quantitative estimate of drug-likeness (QED) is 0.555. The minimum Gasteiger partial charge on any atom is -0.376 e. The number of carbonyl (C=O) groups is 1. The highest BCUT2D eigenvalue weighted by Crippen LogP contribution is 2.16. The van der Waals surface area contributed by atoms with Gasteiger partial charge in [0.05, 0.1) is 12.3 Å². The number of benzene rings is 3. The highest BCUT2D eigenvalue weighted by atomic mass is 16.2. The van der Waals surface area contributed by atoms with E-state index in [0.717, 1.165) is 22.3 Å². The Morgan fingerprint density at radius 3 is 2.42 bits per heavy atom. The van der Waals surface area contributed by atoms with Gasteiger partial charge in [-0.1, -0.05) is 54.6 Å². The molecule has 0 bridgehead atoms. The normalized spacial score (nSPS) is 11.3. The van der Waals surface area contributed by atoms with E-state index in [1.807, 2.05) is 55.5 Å². The van der Waals surface area contributed by atoms with E-state index in [1.54, 1.807) is 0 Å². The van der Waals surface area contributed by atoms with E-state index in [0.29, 0.717) is 0 Å². The van der Waals surface area contributed by atoms with Crippen molar-refractivity contribution < 1.29 is 4.79 Å². The second kappa shape index (κ2) is 7.42. The van der Waals surface area contributed by atoms with Crippen molar-refractivity contribution in [2.75, 3.05) is 11.9 Å². The Morgan fingerprint density at radius 2 is 1.62 bits per heavy atom. The average Bonchev–Trinajstić information content (AvgIpc) is 2.65. The molecule has 3 aromatic rings. The van der Waals surface area contributed by atoms with Crippen molar-refractivity contribution in [3.8, 4) is 0 Å². The monoisotopic (exact) mass is 317 g/mol. The van der Waals surface area contributed by atoms with E-state index in [9.17, 15) is 4.79 Å². The predicted octanol–water partition coefficient (Wildman–Crippen LogP) is 3.79. The summed E-state index contributed by atoms with van der Waals surface area (Å²) >= 11 is 0. The first-order valence-electron chi connectivity index (χ1n) is 7.83. The molecule has 0 radical (unpaired) electrons. The van der Waals surface area contributed by atoms with E-state index in [1.165, 1.54) is 5.39 Å². The van der Waals surface area contributed by atoms with Gasteiger partial charge in [-0.2, -0.15) is 5.10 Å². The van der Waals surface area contributed by atoms with Crippen LogP contribution in [-0.2, 0) is 4.79 Å². The van der Waals surface area contributed by atoms with Crippen molar-refractivity contribution >= 4 is 28.1 Å². The van der Waals surface area contributed by atoms with Gasteiger partial charge in [0.15, 0.2) is 0 Å². The van der Waals surface area contributed by atoms with Crippen molar-refractivity contribution in [3.63, 3.8) is 0 Å². The standard InChI is InChI=1S/C20H19N3O/c1-15(17-12-11-16-7-5-6-8-18(16)13-17)22-23-20(24)14-21-19-9-3-2-4-10-19/h2-13,21H,14H2,1H3,(H,23,24)/b22-15-. The second-order valence-electron chi connectivity index (χ2n) is 5.51. The number of anilines is 1. The molecule has 0 aromatic heterocycles. The summed E-state index contributed by atoms with van der Waals surface area (Å²) in [6.07, 6.45) is 0. The number of hydrogen-bond acceptors (Lipinski definition) is 3. The molecule has 0 fully saturated rings. The molecule has 0 aliphatic rings. The summed E-state index contributed by atoms with van der Waals surface area (Å²) in [5.41, 5.74) is 5.25. The van der Waals surface area contributed by atoms with Crippen molar-refractivity contribution in [1.82, 2.24) is 5.43 Å². The zero-order valence-corrected chi connectivity index (χ0v) is 13.5. The fourth-order valence-corrected chi connectivity index (χ4v) is 2.40. The number of nitrogens with one attached hydrogen (secondary N) is 2. The summed E-state index contributed by atoms with van der Waals surface area (Å²) in [6.45, 7) is 2.06. The number of para-hydroxylation sites is 1. The maximum absolute atomic E-state index is 11.9. The predicted molar refractivity (Wildman–Crippen MR) is 99.2 cm³/mol. The van der Waals surface area contributed by atoms with Crippen LogP contribution in [0.5, 0.6) is 0 Å². The van der Waals surface area contributed by atoms with Crippen LogP contribution < -0.4 is 10.7 Å². The average molecular weight is 317 g/mol. The fourth-order valence-electron chi connectivity index (χ4n) is 2.40. The first-order valence-corrected chi connectivity index (χ1v) is 7.83. The SMILES string of the molecule is C/C(=N/NC(=O)CNc1ccccc1)c1ccc2ccccc2c1. The fraction of sp³-hybridized carbons (Fsp3) is 0.100. The zero-order chi connectivity index (χ0) is 16.8. The summed E-state index contributed by atoms with van der Waals surface area (Å²) < 4.78 is 0. The summed E-state index contributed by atoms with van der Waals surface area (Å²) in [4.78, 5) is 11.9. The van der Waals surface area contributed by atoms with Gasteiger partial charge in [-0.15, -0.1) is 0 Å². The van der Waals surface area contributed by atoms with Crippen LogP contribution in [0.2, 0.25) is 0 Å². The lowest BCUT2D eigenvalue weighted by atomic mass is 10.0. The first-order chi connectivity index (χ1) is 11.7. The minimum absolute atomic E-state index is 0.179. The van der Waals surface area contributed by atoms with E-state index in [4.69, 9.17) is 0 Å². The Kier molecular flexibility index (Phi) is 4.87. The van der Waals surface area contributed by atoms with Crippen molar-refractivity contribution in [3.05, 3.63) is 78.4 Å². The van der Waals surface area contributed by atoms with Gasteiger partial charge in [-0.3, -0.25) is 4.79 Å². The van der Waals surface area contributed by atoms with Crippen LogP contribution in [-0.4, -0.2) is 18.2 Å². The molecule has 24 heavy (non-hydrogen) atoms. The van der Waals surface area contributed by atoms with E-state index in [2.05, 4.69) is 40.1 Å². The molecule has 4 nitrogen and oxygen atoms in total. The summed E-state index contributed by atoms with van der Waals surface area (Å²) in [5.74, 6) is -0.181. The Hall–Kier alpha value is -3.14. The number of nitrogens with zero attached hydrogens (tertiary/aromatic N) is 1. The van der Waals surface area contributed by atoms with Gasteiger partial charge in [-0.25, -0.2) is 5.43 Å². The molecular weight excluding hydrogens is 298 g/mol. The van der Waals surface area contributed by atoms with Crippen molar-refractivity contribution in [1.29, 1.82) is 0 Å². The van der Waals surface area contributed by atoms with Crippen LogP contribution in [0.1, 0.15) is 12.5 Å². The van der Waals surface area contributed by atoms with Gasteiger partial charge in [0.25, 0.3) is 5.91 Å². The number of fused-ring (bicyclic) bond motifs is 1. The summed E-state index contributed by atoms with van der Waals surface area (Å²) in [7, 11) is 0. The maximum Gasteiger partial charge on any atom is 0.259 e. The number of carbonyl (C=O) groups excluding carboxylic acids is 1. The smallest absolute Gasteiger partial charge is 0.259 e. The molecule has 3 aromatic carbocycles. The number of rotatable bonds is 5. The largest absolute Gasteiger partial charge is 0.376 e. The van der Waals surface area contributed by atoms with Crippen molar-refractivity contribution in [2.24, 2.45) is 5.10 Å². The zero-order valence-electron chi connectivity index (χ0n) is 13.5. The van der Waals surface area contributed by atoms with Crippen molar-refractivity contribution in [2.45, 2.75) is 6.92 Å². The maximum atomic E-state index is 11.9. The molecular formula is C20H19N3O. The van der Waals surface area contributed by atoms with Gasteiger partial charge < -0.3 is 5.32 Å². The molecule has 3 rings (SSSR count). The Labute approximate surface area is 141 Å². The van der Waals surface area contributed by atoms with Gasteiger partial charge in [0.1, 0.15) is 0 Å². The number of hydrogen-bond donors (Lipinski definition) is 2. The van der Waals surface area contributed by atoms with Crippen LogP contribution >= 0.6 is 0 Å². The molecule has 0 heterocycles. The molecule has 1 amide bonds. The number of hydrazone groups is 1. The lowest BCUT2D eigenvalue weighted by molar-refractivity contribution is -0.119. The number of amides is 1. The lowest BCUT2D eigenvalue weighted by Crippen LogP contribution is -2.26. The summed E-state index contributed by atoms with van der Waals surface area (Å²) in [5, 5.41) is 9.58. The van der Waals surface area contributed by atoms with E-state index >= 15 is 0 Å². The Balaban J connectivity index is 1.61. The van der Waals surface area contributed by atoms with E-state index < -0.39 is 0 Å². The van der Waals surface area contributed by atoms with Crippen LogP contribution in [0.25, 0.3) is 10.8 Å². The highest BCUT2D eigenvalue weighted by Gasteiger charge is 2.02. The lowest BCUT2D eigenvalue weighted by Gasteiger charge is -2.06. The molecule has 120 valence electrons. The third kappa shape index (κ3) is 3.98. The van der Waals surface area contributed by atoms with Gasteiger partial charge in [-0.05, 0) is 41.5 Å². The second-order valence-corrected chi connectivity index (χ2v) is 5.51. The summed E-state index contributed by atoms with van der Waals surface area (Å²) in [6, 6.07) is 23.9. The molecule has 0 saturated heterocycles. The van der Waals surface area contributed by atoms with Gasteiger partial charge in [0.2, 0.25) is 0 Å². The molecule has 0 spiro atoms. The molecule has 4 heteroatoms. The topological polar surface area (TPSA) is 53.5 Å². The molecule has 0 atom stereocenters. The highest BCUT2D eigenvalue weighted by molar-refractivity contribution is 6.02. The minimum atomic E-state index is -0.181. The van der Waals surface area contributed by atoms with Crippen LogP contribution in [0.15, 0.2) is 77.9 Å². The molecule has 0 aliphatic heterocycles. The third-order valence-corrected chi connectivity index (χ3v) is 3.74. The molecule has 2 N–H and O–H groups in total. The van der Waals surface area contributed by atoms with Crippen LogP contribution in [0, 0.1) is 0 Å². The Bertz CT molecular complexity index is 872.